The van der Waals surface area contributed by atoms with Gasteiger partial charge >= 0.3 is 17.9 Å². The van der Waals surface area contributed by atoms with Crippen LogP contribution < -0.4 is 4.74 Å². The molecule has 3 aliphatic rings. The van der Waals surface area contributed by atoms with Crippen molar-refractivity contribution in [3.8, 4) is 5.75 Å². The summed E-state index contributed by atoms with van der Waals surface area (Å²) in [5.41, 5.74) is 5.35. The van der Waals surface area contributed by atoms with Crippen molar-refractivity contribution in [3.63, 3.8) is 0 Å². The van der Waals surface area contributed by atoms with Crippen molar-refractivity contribution >= 4 is 17.9 Å². The molecule has 3 heterocycles. The third kappa shape index (κ3) is 18.5. The lowest BCUT2D eigenvalue weighted by Crippen LogP contribution is -2.69. The minimum Gasteiger partial charge on any atom is -0.497 e. The Morgan fingerprint density at radius 1 is 0.319 bits per heavy atom. The zero-order chi connectivity index (χ0) is 65.4. The standard InChI is InChI=1S/C74H80O20/c1-6-41-82-72-66(87-45-52-31-19-10-20-32-52)59(85-43-50-27-15-8-16-28-50)61(64(92-72)70(76)80-4)90-74-68(89-47-54-35-23-12-24-36-54)60(86-44-51-29-17-9-18-30-51)62(65(94-74)71(77)81-5)91-73-67(88-46-53-33-21-11-22-34-53)58(84-42-49-25-13-7-14-26-49)57(63(93-73)69(75)79-3)83-48-55-37-39-56(78-2)40-38-55/h6-40,57-68,72-74H,1,41-48H2,2-5H3/t57-,58+,59+,60+,61-,62-,63+,64+,65+,66-,67-,68-,72-,73+,74+/m1/s1. The smallest absolute Gasteiger partial charge is 0.337 e. The van der Waals surface area contributed by atoms with Gasteiger partial charge < -0.3 is 80.5 Å². The van der Waals surface area contributed by atoms with Crippen LogP contribution in [0.2, 0.25) is 0 Å². The molecule has 3 aliphatic heterocycles. The molecule has 0 spiro atoms. The van der Waals surface area contributed by atoms with Crippen molar-refractivity contribution in [2.24, 2.45) is 0 Å². The predicted octanol–water partition coefficient (Wildman–Crippen LogP) is 9.76. The molecule has 7 aromatic rings. The van der Waals surface area contributed by atoms with E-state index in [9.17, 15) is 9.59 Å². The van der Waals surface area contributed by atoms with Gasteiger partial charge in [0.05, 0.1) is 81.3 Å². The van der Waals surface area contributed by atoms with Crippen LogP contribution in [-0.2, 0) is 136 Å². The van der Waals surface area contributed by atoms with Crippen LogP contribution >= 0.6 is 0 Å². The van der Waals surface area contributed by atoms with Crippen LogP contribution in [-0.4, -0.2) is 145 Å². The van der Waals surface area contributed by atoms with Gasteiger partial charge in [0.1, 0.15) is 60.7 Å². The van der Waals surface area contributed by atoms with E-state index in [1.807, 2.05) is 194 Å². The molecule has 0 aromatic heterocycles. The van der Waals surface area contributed by atoms with Gasteiger partial charge in [-0.3, -0.25) is 0 Å². The van der Waals surface area contributed by atoms with Gasteiger partial charge in [0, 0.05) is 0 Å². The summed E-state index contributed by atoms with van der Waals surface area (Å²) in [6.07, 6.45) is -19.9. The van der Waals surface area contributed by atoms with Gasteiger partial charge in [-0.1, -0.05) is 200 Å². The average Bonchev–Trinajstić information content (AvgIpc) is 0.765. The summed E-state index contributed by atoms with van der Waals surface area (Å²) in [5, 5.41) is 0. The molecule has 0 amide bonds. The van der Waals surface area contributed by atoms with E-state index < -0.39 is 110 Å². The third-order valence-electron chi connectivity index (χ3n) is 16.1. The first-order valence-corrected chi connectivity index (χ1v) is 31.1. The highest BCUT2D eigenvalue weighted by molar-refractivity contribution is 5.77. The average molecular weight is 1290 g/mol. The van der Waals surface area contributed by atoms with Gasteiger partial charge in [0.2, 0.25) is 0 Å². The quantitative estimate of drug-likeness (QED) is 0.0218. The highest BCUT2D eigenvalue weighted by Crippen LogP contribution is 2.40. The van der Waals surface area contributed by atoms with Crippen molar-refractivity contribution in [3.05, 3.63) is 258 Å². The Hall–Kier alpha value is -8.03. The van der Waals surface area contributed by atoms with E-state index in [1.165, 1.54) is 21.3 Å². The summed E-state index contributed by atoms with van der Waals surface area (Å²) in [7, 11) is 5.22. The maximum atomic E-state index is 15.0. The second-order valence-electron chi connectivity index (χ2n) is 22.4. The second-order valence-corrected chi connectivity index (χ2v) is 22.4. The number of carbonyl (C=O) groups excluding carboxylic acids is 3. The third-order valence-corrected chi connectivity index (χ3v) is 16.1. The first-order valence-electron chi connectivity index (χ1n) is 31.1. The summed E-state index contributed by atoms with van der Waals surface area (Å²) in [6, 6.07) is 63.7. The van der Waals surface area contributed by atoms with Gasteiger partial charge in [-0.25, -0.2) is 14.4 Å². The van der Waals surface area contributed by atoms with Crippen LogP contribution in [0.4, 0.5) is 0 Å². The number of ether oxygens (including phenoxy) is 17. The molecule has 0 radical (unpaired) electrons. The minimum absolute atomic E-state index is 0.00743. The SMILES string of the molecule is C=CCO[C@@H]1O[C@H](C(=O)OC)[C@H](O[C@H]2O[C@H](C(=O)OC)[C@H](O[C@H]3O[C@H](C(=O)OC)[C@H](OCc4ccc(OC)cc4)[C@H](OCc4ccccc4)[C@H]3OCc3ccccc3)[C@H](OCc3ccccc3)[C@H]2OCc2ccccc2)[C@H](OCc2ccccc2)[C@H]1OCc1ccccc1. The topological polar surface area (TPSA) is 208 Å². The number of benzene rings is 7. The first kappa shape index (κ1) is 68.8. The Kier molecular flexibility index (Phi) is 26.0. The summed E-state index contributed by atoms with van der Waals surface area (Å²) >= 11 is 0. The molecule has 3 saturated heterocycles. The Balaban J connectivity index is 1.10. The fraction of sp³-hybridized carbons (Fsp3) is 0.365. The van der Waals surface area contributed by atoms with Gasteiger partial charge in [0.15, 0.2) is 37.2 Å². The number of methoxy groups -OCH3 is 4. The normalized spacial score (nSPS) is 25.9. The molecule has 94 heavy (non-hydrogen) atoms. The van der Waals surface area contributed by atoms with E-state index in [1.54, 1.807) is 25.3 Å². The van der Waals surface area contributed by atoms with E-state index in [0.29, 0.717) is 5.75 Å². The predicted molar refractivity (Wildman–Crippen MR) is 340 cm³/mol. The number of esters is 3. The fourth-order valence-electron chi connectivity index (χ4n) is 11.3. The number of carbonyl (C=O) groups is 3. The van der Waals surface area contributed by atoms with Crippen molar-refractivity contribution in [1.29, 1.82) is 0 Å². The largest absolute Gasteiger partial charge is 0.497 e. The van der Waals surface area contributed by atoms with Crippen molar-refractivity contribution in [2.45, 2.75) is 138 Å². The molecule has 496 valence electrons. The van der Waals surface area contributed by atoms with Crippen molar-refractivity contribution in [2.75, 3.05) is 35.0 Å². The molecular weight excluding hydrogens is 1210 g/mol. The molecule has 7 aromatic carbocycles. The monoisotopic (exact) mass is 1290 g/mol. The van der Waals surface area contributed by atoms with E-state index in [0.717, 1.165) is 38.9 Å². The van der Waals surface area contributed by atoms with Crippen LogP contribution in [0.1, 0.15) is 38.9 Å². The zero-order valence-corrected chi connectivity index (χ0v) is 52.9. The molecule has 0 aliphatic carbocycles. The Labute approximate surface area is 547 Å². The van der Waals surface area contributed by atoms with E-state index in [-0.39, 0.29) is 52.9 Å². The summed E-state index contributed by atoms with van der Waals surface area (Å²) in [5.74, 6) is -2.00. The number of hydrogen-bond donors (Lipinski definition) is 0. The van der Waals surface area contributed by atoms with Crippen LogP contribution in [0, 0.1) is 0 Å². The fourth-order valence-corrected chi connectivity index (χ4v) is 11.3. The van der Waals surface area contributed by atoms with Crippen LogP contribution in [0.15, 0.2) is 219 Å². The van der Waals surface area contributed by atoms with Crippen molar-refractivity contribution in [1.82, 2.24) is 0 Å². The van der Waals surface area contributed by atoms with Gasteiger partial charge in [-0.2, -0.15) is 0 Å². The molecule has 0 unspecified atom stereocenters. The Morgan fingerprint density at radius 2 is 0.574 bits per heavy atom. The van der Waals surface area contributed by atoms with E-state index in [2.05, 4.69) is 6.58 Å². The zero-order valence-electron chi connectivity index (χ0n) is 52.9. The highest BCUT2D eigenvalue weighted by atomic mass is 16.8. The lowest BCUT2D eigenvalue weighted by atomic mass is 9.94. The molecule has 0 N–H and O–H groups in total. The molecule has 10 rings (SSSR count). The van der Waals surface area contributed by atoms with Gasteiger partial charge in [-0.05, 0) is 51.1 Å². The van der Waals surface area contributed by atoms with E-state index >= 15 is 4.79 Å². The van der Waals surface area contributed by atoms with Crippen molar-refractivity contribution < 1.29 is 94.9 Å². The van der Waals surface area contributed by atoms with Crippen LogP contribution in [0.3, 0.4) is 0 Å². The molecule has 0 bridgehead atoms. The van der Waals surface area contributed by atoms with Crippen LogP contribution in [0.5, 0.6) is 5.75 Å². The minimum atomic E-state index is -1.78. The lowest BCUT2D eigenvalue weighted by Gasteiger charge is -2.50. The summed E-state index contributed by atoms with van der Waals surface area (Å²) in [6.45, 7) is 3.70. The Morgan fingerprint density at radius 3 is 0.872 bits per heavy atom. The van der Waals surface area contributed by atoms with Gasteiger partial charge in [0.25, 0.3) is 0 Å². The highest BCUT2D eigenvalue weighted by Gasteiger charge is 2.60. The second kappa shape index (κ2) is 35.5. The van der Waals surface area contributed by atoms with Crippen LogP contribution in [0.25, 0.3) is 0 Å². The maximum Gasteiger partial charge on any atom is 0.337 e. The molecule has 0 saturated carbocycles. The molecule has 20 nitrogen and oxygen atoms in total. The summed E-state index contributed by atoms with van der Waals surface area (Å²) in [4.78, 5) is 44.0. The number of rotatable bonds is 32. The molecule has 15 atom stereocenters. The molecular formula is C74H80O20. The van der Waals surface area contributed by atoms with Gasteiger partial charge in [-0.15, -0.1) is 6.58 Å². The summed E-state index contributed by atoms with van der Waals surface area (Å²) < 4.78 is 112. The molecule has 3 fully saturated rings. The molecule has 20 heteroatoms. The Bertz CT molecular complexity index is 3370. The maximum absolute atomic E-state index is 15.0. The number of hydrogen-bond acceptors (Lipinski definition) is 20. The van der Waals surface area contributed by atoms with E-state index in [4.69, 9.17) is 80.5 Å². The first-order chi connectivity index (χ1) is 46.1. The lowest BCUT2D eigenvalue weighted by molar-refractivity contribution is -0.385.